The molecule has 20 heavy (non-hydrogen) atoms. The predicted octanol–water partition coefficient (Wildman–Crippen LogP) is 1.24. The van der Waals surface area contributed by atoms with Gasteiger partial charge in [-0.2, -0.15) is 0 Å². The van der Waals surface area contributed by atoms with Crippen molar-refractivity contribution in [3.8, 4) is 0 Å². The number of carbonyl (C=O) groups excluding carboxylic acids is 2. The van der Waals surface area contributed by atoms with Gasteiger partial charge in [-0.15, -0.1) is 0 Å². The SMILES string of the molecule is CCCN(CCC)C(=O)CCC(=O)N1CCCNCC1. The number of nitrogens with zero attached hydrogens (tertiary/aromatic N) is 2. The average molecular weight is 283 g/mol. The normalized spacial score (nSPS) is 15.8. The van der Waals surface area contributed by atoms with Crippen LogP contribution in [0, 0.1) is 0 Å². The van der Waals surface area contributed by atoms with E-state index in [9.17, 15) is 9.59 Å². The fraction of sp³-hybridized carbons (Fsp3) is 0.867. The van der Waals surface area contributed by atoms with Gasteiger partial charge in [0.05, 0.1) is 0 Å². The molecule has 0 radical (unpaired) electrons. The second-order valence-electron chi connectivity index (χ2n) is 5.37. The first-order valence-corrected chi connectivity index (χ1v) is 7.95. The van der Waals surface area contributed by atoms with Gasteiger partial charge < -0.3 is 15.1 Å². The minimum Gasteiger partial charge on any atom is -0.343 e. The molecule has 0 saturated carbocycles. The Balaban J connectivity index is 2.35. The molecule has 0 aromatic carbocycles. The van der Waals surface area contributed by atoms with E-state index in [0.29, 0.717) is 12.8 Å². The van der Waals surface area contributed by atoms with Gasteiger partial charge in [0, 0.05) is 45.6 Å². The van der Waals surface area contributed by atoms with Gasteiger partial charge in [-0.05, 0) is 25.8 Å². The predicted molar refractivity (Wildman–Crippen MR) is 80.5 cm³/mol. The topological polar surface area (TPSA) is 52.7 Å². The minimum absolute atomic E-state index is 0.120. The van der Waals surface area contributed by atoms with E-state index in [1.165, 1.54) is 0 Å². The van der Waals surface area contributed by atoms with E-state index in [-0.39, 0.29) is 11.8 Å². The maximum absolute atomic E-state index is 12.1. The maximum Gasteiger partial charge on any atom is 0.223 e. The van der Waals surface area contributed by atoms with Crippen molar-refractivity contribution in [3.05, 3.63) is 0 Å². The maximum atomic E-state index is 12.1. The van der Waals surface area contributed by atoms with Crippen LogP contribution in [0.3, 0.4) is 0 Å². The third-order valence-corrected chi connectivity index (χ3v) is 3.59. The lowest BCUT2D eigenvalue weighted by molar-refractivity contribution is -0.137. The van der Waals surface area contributed by atoms with Crippen molar-refractivity contribution in [2.24, 2.45) is 0 Å². The van der Waals surface area contributed by atoms with Gasteiger partial charge in [0.2, 0.25) is 11.8 Å². The van der Waals surface area contributed by atoms with Crippen molar-refractivity contribution in [1.82, 2.24) is 15.1 Å². The van der Waals surface area contributed by atoms with Gasteiger partial charge >= 0.3 is 0 Å². The van der Waals surface area contributed by atoms with E-state index >= 15 is 0 Å². The van der Waals surface area contributed by atoms with E-state index in [1.807, 2.05) is 9.80 Å². The summed E-state index contributed by atoms with van der Waals surface area (Å²) >= 11 is 0. The summed E-state index contributed by atoms with van der Waals surface area (Å²) in [5, 5.41) is 3.28. The molecule has 0 unspecified atom stereocenters. The fourth-order valence-corrected chi connectivity index (χ4v) is 2.53. The third kappa shape index (κ3) is 5.90. The van der Waals surface area contributed by atoms with Crippen LogP contribution < -0.4 is 5.32 Å². The molecule has 0 aromatic rings. The van der Waals surface area contributed by atoms with Gasteiger partial charge in [-0.25, -0.2) is 0 Å². The number of nitrogens with one attached hydrogen (secondary N) is 1. The van der Waals surface area contributed by atoms with Gasteiger partial charge in [0.15, 0.2) is 0 Å². The number of hydrogen-bond donors (Lipinski definition) is 1. The van der Waals surface area contributed by atoms with Crippen LogP contribution in [0.25, 0.3) is 0 Å². The first kappa shape index (κ1) is 17.0. The zero-order valence-corrected chi connectivity index (χ0v) is 13.0. The lowest BCUT2D eigenvalue weighted by atomic mass is 10.2. The molecule has 1 N–H and O–H groups in total. The summed E-state index contributed by atoms with van der Waals surface area (Å²) < 4.78 is 0. The van der Waals surface area contributed by atoms with E-state index in [0.717, 1.165) is 58.5 Å². The molecule has 1 rings (SSSR count). The van der Waals surface area contributed by atoms with Gasteiger partial charge in [0.1, 0.15) is 0 Å². The Morgan fingerprint density at radius 1 is 1.05 bits per heavy atom. The monoisotopic (exact) mass is 283 g/mol. The molecule has 0 aromatic heterocycles. The highest BCUT2D eigenvalue weighted by molar-refractivity contribution is 5.83. The quantitative estimate of drug-likeness (QED) is 0.765. The Morgan fingerprint density at radius 2 is 1.75 bits per heavy atom. The number of rotatable bonds is 7. The van der Waals surface area contributed by atoms with Crippen molar-refractivity contribution >= 4 is 11.8 Å². The molecule has 5 nitrogen and oxygen atoms in total. The summed E-state index contributed by atoms with van der Waals surface area (Å²) in [7, 11) is 0. The Morgan fingerprint density at radius 3 is 2.40 bits per heavy atom. The Hall–Kier alpha value is -1.10. The molecular formula is C15H29N3O2. The average Bonchev–Trinajstić information content (AvgIpc) is 2.73. The lowest BCUT2D eigenvalue weighted by Gasteiger charge is -2.23. The minimum atomic E-state index is 0.120. The standard InChI is InChI=1S/C15H29N3O2/c1-3-10-17(11-4-2)14(19)6-7-15(20)18-12-5-8-16-9-13-18/h16H,3-13H2,1-2H3. The zero-order valence-electron chi connectivity index (χ0n) is 13.0. The summed E-state index contributed by atoms with van der Waals surface area (Å²) in [5.74, 6) is 0.241. The lowest BCUT2D eigenvalue weighted by Crippen LogP contribution is -2.36. The molecule has 0 atom stereocenters. The molecule has 1 aliphatic heterocycles. The van der Waals surface area contributed by atoms with Crippen molar-refractivity contribution in [2.45, 2.75) is 46.0 Å². The highest BCUT2D eigenvalue weighted by atomic mass is 16.2. The molecule has 116 valence electrons. The molecule has 1 saturated heterocycles. The van der Waals surface area contributed by atoms with Crippen molar-refractivity contribution in [2.75, 3.05) is 39.3 Å². The van der Waals surface area contributed by atoms with Crippen LogP contribution in [0.5, 0.6) is 0 Å². The molecule has 0 aliphatic carbocycles. The second-order valence-corrected chi connectivity index (χ2v) is 5.37. The van der Waals surface area contributed by atoms with Gasteiger partial charge in [-0.3, -0.25) is 9.59 Å². The molecule has 2 amide bonds. The van der Waals surface area contributed by atoms with E-state index in [2.05, 4.69) is 19.2 Å². The molecule has 5 heteroatoms. The van der Waals surface area contributed by atoms with E-state index in [4.69, 9.17) is 0 Å². The Bertz CT molecular complexity index is 279. The van der Waals surface area contributed by atoms with Crippen molar-refractivity contribution in [3.63, 3.8) is 0 Å². The summed E-state index contributed by atoms with van der Waals surface area (Å²) in [6.45, 7) is 9.16. The van der Waals surface area contributed by atoms with Crippen LogP contribution in [0.2, 0.25) is 0 Å². The number of carbonyl (C=O) groups is 2. The van der Waals surface area contributed by atoms with Crippen LogP contribution in [0.15, 0.2) is 0 Å². The highest BCUT2D eigenvalue weighted by Crippen LogP contribution is 2.05. The van der Waals surface area contributed by atoms with Gasteiger partial charge in [0.25, 0.3) is 0 Å². The third-order valence-electron chi connectivity index (χ3n) is 3.59. The van der Waals surface area contributed by atoms with Crippen molar-refractivity contribution < 1.29 is 9.59 Å². The van der Waals surface area contributed by atoms with Gasteiger partial charge in [-0.1, -0.05) is 13.8 Å². The number of amides is 2. The molecule has 1 aliphatic rings. The van der Waals surface area contributed by atoms with Crippen LogP contribution in [0.1, 0.15) is 46.0 Å². The number of hydrogen-bond acceptors (Lipinski definition) is 3. The van der Waals surface area contributed by atoms with Crippen LogP contribution in [-0.2, 0) is 9.59 Å². The summed E-state index contributed by atoms with van der Waals surface area (Å²) in [6.07, 6.45) is 3.64. The van der Waals surface area contributed by atoms with Crippen molar-refractivity contribution in [1.29, 1.82) is 0 Å². The molecule has 0 bridgehead atoms. The smallest absolute Gasteiger partial charge is 0.223 e. The Kier molecular flexibility index (Phi) is 8.26. The van der Waals surface area contributed by atoms with E-state index in [1.54, 1.807) is 0 Å². The first-order valence-electron chi connectivity index (χ1n) is 7.95. The second kappa shape index (κ2) is 9.75. The summed E-state index contributed by atoms with van der Waals surface area (Å²) in [6, 6.07) is 0. The molecule has 1 heterocycles. The zero-order chi connectivity index (χ0) is 14.8. The van der Waals surface area contributed by atoms with Crippen LogP contribution >= 0.6 is 0 Å². The molecule has 0 spiro atoms. The highest BCUT2D eigenvalue weighted by Gasteiger charge is 2.18. The Labute approximate surface area is 122 Å². The summed E-state index contributed by atoms with van der Waals surface area (Å²) in [4.78, 5) is 28.0. The fourth-order valence-electron chi connectivity index (χ4n) is 2.53. The molecule has 1 fully saturated rings. The van der Waals surface area contributed by atoms with Crippen LogP contribution in [-0.4, -0.2) is 60.9 Å². The molecular weight excluding hydrogens is 254 g/mol. The largest absolute Gasteiger partial charge is 0.343 e. The first-order chi connectivity index (χ1) is 9.69. The van der Waals surface area contributed by atoms with E-state index < -0.39 is 0 Å². The van der Waals surface area contributed by atoms with Crippen LogP contribution in [0.4, 0.5) is 0 Å². The summed E-state index contributed by atoms with van der Waals surface area (Å²) in [5.41, 5.74) is 0.